The maximum Gasteiger partial charge on any atom is 0.0797 e. The molecule has 25 heavy (non-hydrogen) atoms. The SMILES string of the molecule is CC(OCC1(N2CCNCC2)Cc2ccccc2C1)c1ccccc1. The van der Waals surface area contributed by atoms with Gasteiger partial charge in [0.1, 0.15) is 0 Å². The molecule has 2 aromatic rings. The Morgan fingerprint density at radius 1 is 0.960 bits per heavy atom. The Hall–Kier alpha value is -1.68. The van der Waals surface area contributed by atoms with Gasteiger partial charge in [-0.25, -0.2) is 0 Å². The lowest BCUT2D eigenvalue weighted by molar-refractivity contribution is -0.0379. The molecule has 0 bridgehead atoms. The van der Waals surface area contributed by atoms with Crippen LogP contribution in [-0.2, 0) is 17.6 Å². The van der Waals surface area contributed by atoms with E-state index in [1.54, 1.807) is 0 Å². The summed E-state index contributed by atoms with van der Waals surface area (Å²) in [5.74, 6) is 0. The Kier molecular flexibility index (Phi) is 4.89. The second-order valence-corrected chi connectivity index (χ2v) is 7.45. The van der Waals surface area contributed by atoms with E-state index >= 15 is 0 Å². The van der Waals surface area contributed by atoms with E-state index in [9.17, 15) is 0 Å². The third-order valence-corrected chi connectivity index (χ3v) is 5.82. The maximum absolute atomic E-state index is 6.44. The smallest absolute Gasteiger partial charge is 0.0797 e. The van der Waals surface area contributed by atoms with Crippen molar-refractivity contribution < 1.29 is 4.74 Å². The van der Waals surface area contributed by atoms with Crippen molar-refractivity contribution in [3.05, 3.63) is 71.3 Å². The lowest BCUT2D eigenvalue weighted by Crippen LogP contribution is -2.59. The van der Waals surface area contributed by atoms with Crippen LogP contribution >= 0.6 is 0 Å². The summed E-state index contributed by atoms with van der Waals surface area (Å²) in [6.07, 6.45) is 2.33. The molecule has 1 saturated heterocycles. The molecular weight excluding hydrogens is 308 g/mol. The number of hydrogen-bond donors (Lipinski definition) is 1. The normalized spacial score (nSPS) is 21.0. The van der Waals surface area contributed by atoms with Gasteiger partial charge in [0, 0.05) is 26.2 Å². The molecule has 2 aromatic carbocycles. The first-order valence-electron chi connectivity index (χ1n) is 9.46. The van der Waals surface area contributed by atoms with E-state index in [0.29, 0.717) is 0 Å². The molecule has 1 heterocycles. The molecule has 0 radical (unpaired) electrons. The molecule has 1 aliphatic carbocycles. The van der Waals surface area contributed by atoms with Gasteiger partial charge in [0.2, 0.25) is 0 Å². The summed E-state index contributed by atoms with van der Waals surface area (Å²) < 4.78 is 6.44. The van der Waals surface area contributed by atoms with Crippen LogP contribution in [-0.4, -0.2) is 43.2 Å². The molecule has 132 valence electrons. The third-order valence-electron chi connectivity index (χ3n) is 5.82. The van der Waals surface area contributed by atoms with Crippen molar-refractivity contribution in [2.45, 2.75) is 31.4 Å². The minimum atomic E-state index is 0.106. The van der Waals surface area contributed by atoms with Crippen LogP contribution < -0.4 is 5.32 Å². The summed E-state index contributed by atoms with van der Waals surface area (Å²) in [5.41, 5.74) is 4.36. The fourth-order valence-electron chi connectivity index (χ4n) is 4.33. The Balaban J connectivity index is 1.52. The van der Waals surface area contributed by atoms with Gasteiger partial charge in [0.05, 0.1) is 18.2 Å². The average Bonchev–Trinajstić information content (AvgIpc) is 3.07. The monoisotopic (exact) mass is 336 g/mol. The third kappa shape index (κ3) is 3.50. The molecule has 1 unspecified atom stereocenters. The van der Waals surface area contributed by atoms with Gasteiger partial charge in [-0.15, -0.1) is 0 Å². The summed E-state index contributed by atoms with van der Waals surface area (Å²) in [4.78, 5) is 2.67. The van der Waals surface area contributed by atoms with Gasteiger partial charge in [-0.1, -0.05) is 54.6 Å². The Morgan fingerprint density at radius 3 is 2.20 bits per heavy atom. The highest BCUT2D eigenvalue weighted by Gasteiger charge is 2.43. The van der Waals surface area contributed by atoms with E-state index < -0.39 is 0 Å². The molecule has 3 heteroatoms. The van der Waals surface area contributed by atoms with Crippen molar-refractivity contribution in [1.29, 1.82) is 0 Å². The molecule has 1 N–H and O–H groups in total. The fourth-order valence-corrected chi connectivity index (χ4v) is 4.33. The van der Waals surface area contributed by atoms with E-state index in [0.717, 1.165) is 45.6 Å². The number of ether oxygens (including phenoxy) is 1. The first-order valence-corrected chi connectivity index (χ1v) is 9.46. The summed E-state index contributed by atoms with van der Waals surface area (Å²) in [6, 6.07) is 19.5. The second kappa shape index (κ2) is 7.28. The van der Waals surface area contributed by atoms with Gasteiger partial charge in [-0.05, 0) is 36.5 Å². The largest absolute Gasteiger partial charge is 0.372 e. The van der Waals surface area contributed by atoms with Crippen LogP contribution in [0.4, 0.5) is 0 Å². The molecule has 4 rings (SSSR count). The standard InChI is InChI=1S/C22H28N2O/c1-18(19-7-3-2-4-8-19)25-17-22(24-13-11-23-12-14-24)15-20-9-5-6-10-21(20)16-22/h2-10,18,23H,11-17H2,1H3. The molecule has 1 aliphatic heterocycles. The van der Waals surface area contributed by atoms with Crippen LogP contribution in [0.5, 0.6) is 0 Å². The first kappa shape index (κ1) is 16.8. The minimum absolute atomic E-state index is 0.106. The number of hydrogen-bond acceptors (Lipinski definition) is 3. The van der Waals surface area contributed by atoms with Crippen LogP contribution in [0.1, 0.15) is 29.7 Å². The van der Waals surface area contributed by atoms with Crippen molar-refractivity contribution in [3.8, 4) is 0 Å². The number of fused-ring (bicyclic) bond motifs is 1. The molecule has 0 aromatic heterocycles. The van der Waals surface area contributed by atoms with Crippen LogP contribution in [0, 0.1) is 0 Å². The number of nitrogens with one attached hydrogen (secondary N) is 1. The highest BCUT2D eigenvalue weighted by molar-refractivity contribution is 5.36. The quantitative estimate of drug-likeness (QED) is 0.907. The Bertz CT molecular complexity index is 669. The van der Waals surface area contributed by atoms with Crippen molar-refractivity contribution in [2.24, 2.45) is 0 Å². The molecule has 1 fully saturated rings. The van der Waals surface area contributed by atoms with Crippen LogP contribution in [0.15, 0.2) is 54.6 Å². The topological polar surface area (TPSA) is 24.5 Å². The maximum atomic E-state index is 6.44. The zero-order valence-corrected chi connectivity index (χ0v) is 15.1. The first-order chi connectivity index (χ1) is 12.3. The van der Waals surface area contributed by atoms with Gasteiger partial charge < -0.3 is 10.1 Å². The molecule has 3 nitrogen and oxygen atoms in total. The van der Waals surface area contributed by atoms with E-state index in [1.165, 1.54) is 16.7 Å². The van der Waals surface area contributed by atoms with Crippen molar-refractivity contribution in [1.82, 2.24) is 10.2 Å². The minimum Gasteiger partial charge on any atom is -0.372 e. The number of benzene rings is 2. The molecule has 0 saturated carbocycles. The summed E-state index contributed by atoms with van der Waals surface area (Å²) in [5, 5.41) is 3.48. The zero-order chi connectivity index (χ0) is 17.1. The Morgan fingerprint density at radius 2 is 1.56 bits per heavy atom. The van der Waals surface area contributed by atoms with E-state index in [1.807, 2.05) is 0 Å². The van der Waals surface area contributed by atoms with Gasteiger partial charge in [-0.3, -0.25) is 4.90 Å². The lowest BCUT2D eigenvalue weighted by atomic mass is 9.93. The van der Waals surface area contributed by atoms with E-state index in [2.05, 4.69) is 71.7 Å². The van der Waals surface area contributed by atoms with Gasteiger partial charge in [-0.2, -0.15) is 0 Å². The highest BCUT2D eigenvalue weighted by Crippen LogP contribution is 2.36. The van der Waals surface area contributed by atoms with Crippen LogP contribution in [0.3, 0.4) is 0 Å². The fraction of sp³-hybridized carbons (Fsp3) is 0.455. The van der Waals surface area contributed by atoms with Crippen LogP contribution in [0.2, 0.25) is 0 Å². The van der Waals surface area contributed by atoms with Gasteiger partial charge >= 0.3 is 0 Å². The van der Waals surface area contributed by atoms with Gasteiger partial charge in [0.15, 0.2) is 0 Å². The predicted octanol–water partition coefficient (Wildman–Crippen LogP) is 3.21. The van der Waals surface area contributed by atoms with Crippen molar-refractivity contribution >= 4 is 0 Å². The number of piperazine rings is 1. The van der Waals surface area contributed by atoms with Gasteiger partial charge in [0.25, 0.3) is 0 Å². The molecule has 2 aliphatic rings. The number of nitrogens with zero attached hydrogens (tertiary/aromatic N) is 1. The second-order valence-electron chi connectivity index (χ2n) is 7.45. The summed E-state index contributed by atoms with van der Waals surface area (Å²) in [7, 11) is 0. The molecule has 0 amide bonds. The van der Waals surface area contributed by atoms with Crippen molar-refractivity contribution in [3.63, 3.8) is 0 Å². The van der Waals surface area contributed by atoms with Crippen molar-refractivity contribution in [2.75, 3.05) is 32.8 Å². The van der Waals surface area contributed by atoms with Crippen LogP contribution in [0.25, 0.3) is 0 Å². The summed E-state index contributed by atoms with van der Waals surface area (Å²) >= 11 is 0. The Labute approximate surface area is 151 Å². The van der Waals surface area contributed by atoms with E-state index in [4.69, 9.17) is 4.74 Å². The molecule has 1 atom stereocenters. The molecular formula is C22H28N2O. The zero-order valence-electron chi connectivity index (χ0n) is 15.1. The highest BCUT2D eigenvalue weighted by atomic mass is 16.5. The average molecular weight is 336 g/mol. The molecule has 0 spiro atoms. The summed E-state index contributed by atoms with van der Waals surface area (Å²) in [6.45, 7) is 7.33. The van der Waals surface area contributed by atoms with E-state index in [-0.39, 0.29) is 11.6 Å². The predicted molar refractivity (Wildman–Crippen MR) is 102 cm³/mol. The number of rotatable bonds is 5. The lowest BCUT2D eigenvalue weighted by Gasteiger charge is -2.44.